The van der Waals surface area contributed by atoms with Crippen LogP contribution in [0, 0.1) is 0 Å². The van der Waals surface area contributed by atoms with E-state index in [1.165, 1.54) is 16.4 Å². The zero-order valence-electron chi connectivity index (χ0n) is 9.47. The van der Waals surface area contributed by atoms with Gasteiger partial charge in [-0.05, 0) is 31.0 Å². The van der Waals surface area contributed by atoms with Gasteiger partial charge >= 0.3 is 5.97 Å². The minimum atomic E-state index is -3.32. The highest BCUT2D eigenvalue weighted by molar-refractivity contribution is 9.10. The molecule has 0 spiro atoms. The van der Waals surface area contributed by atoms with E-state index in [0.29, 0.717) is 23.1 Å². The first kappa shape index (κ1) is 13.4. The molecule has 5 nitrogen and oxygen atoms in total. The van der Waals surface area contributed by atoms with Gasteiger partial charge in [0.1, 0.15) is 0 Å². The second-order valence-corrected chi connectivity index (χ2v) is 7.03. The molecule has 0 aromatic heterocycles. The molecule has 7 heteroatoms. The first-order chi connectivity index (χ1) is 8.40. The third-order valence-electron chi connectivity index (χ3n) is 2.77. The van der Waals surface area contributed by atoms with Crippen molar-refractivity contribution in [3.63, 3.8) is 0 Å². The van der Waals surface area contributed by atoms with Crippen molar-refractivity contribution in [3.05, 3.63) is 28.2 Å². The van der Waals surface area contributed by atoms with E-state index in [2.05, 4.69) is 15.9 Å². The van der Waals surface area contributed by atoms with Crippen molar-refractivity contribution in [1.29, 1.82) is 0 Å². The number of carboxylic acids is 1. The minimum absolute atomic E-state index is 0.0696. The molecule has 0 aliphatic carbocycles. The summed E-state index contributed by atoms with van der Waals surface area (Å²) in [6.45, 7) is 0.401. The van der Waals surface area contributed by atoms with Crippen LogP contribution in [0.15, 0.2) is 22.7 Å². The maximum atomic E-state index is 11.9. The van der Waals surface area contributed by atoms with Crippen molar-refractivity contribution < 1.29 is 18.3 Å². The molecule has 1 aliphatic rings. The summed E-state index contributed by atoms with van der Waals surface area (Å²) in [5.74, 6) is -0.964. The monoisotopic (exact) mass is 333 g/mol. The molecular weight excluding hydrogens is 322 g/mol. The van der Waals surface area contributed by atoms with Crippen molar-refractivity contribution in [2.24, 2.45) is 0 Å². The van der Waals surface area contributed by atoms with Gasteiger partial charge in [-0.15, -0.1) is 0 Å². The Hall–Kier alpha value is -1.08. The lowest BCUT2D eigenvalue weighted by Gasteiger charge is -2.28. The van der Waals surface area contributed by atoms with Gasteiger partial charge in [-0.3, -0.25) is 4.31 Å². The SMILES string of the molecule is O=C(O)c1cc(Br)cc(N2CCCCS2(=O)=O)c1. The predicted molar refractivity (Wildman–Crippen MR) is 71.5 cm³/mol. The van der Waals surface area contributed by atoms with Gasteiger partial charge in [0.25, 0.3) is 0 Å². The average molecular weight is 334 g/mol. The highest BCUT2D eigenvalue weighted by Gasteiger charge is 2.26. The highest BCUT2D eigenvalue weighted by Crippen LogP contribution is 2.27. The van der Waals surface area contributed by atoms with Crippen LogP contribution >= 0.6 is 15.9 Å². The molecule has 1 N–H and O–H groups in total. The molecular formula is C11H12BrNO4S. The molecule has 0 unspecified atom stereocenters. The van der Waals surface area contributed by atoms with Crippen LogP contribution < -0.4 is 4.31 Å². The average Bonchev–Trinajstić information content (AvgIpc) is 2.27. The zero-order chi connectivity index (χ0) is 13.3. The fraction of sp³-hybridized carbons (Fsp3) is 0.364. The number of nitrogens with zero attached hydrogens (tertiary/aromatic N) is 1. The van der Waals surface area contributed by atoms with E-state index in [1.54, 1.807) is 6.07 Å². The van der Waals surface area contributed by atoms with Gasteiger partial charge in [0.15, 0.2) is 0 Å². The summed E-state index contributed by atoms with van der Waals surface area (Å²) in [5.41, 5.74) is 0.474. The highest BCUT2D eigenvalue weighted by atomic mass is 79.9. The van der Waals surface area contributed by atoms with E-state index in [9.17, 15) is 13.2 Å². The van der Waals surface area contributed by atoms with E-state index < -0.39 is 16.0 Å². The normalized spacial score (nSPS) is 18.6. The van der Waals surface area contributed by atoms with Crippen molar-refractivity contribution in [2.75, 3.05) is 16.6 Å². The number of halogens is 1. The summed E-state index contributed by atoms with van der Waals surface area (Å²) >= 11 is 3.20. The van der Waals surface area contributed by atoms with Crippen LogP contribution in [-0.4, -0.2) is 31.8 Å². The summed E-state index contributed by atoms with van der Waals surface area (Å²) in [6.07, 6.45) is 1.44. The predicted octanol–water partition coefficient (Wildman–Crippen LogP) is 2.08. The van der Waals surface area contributed by atoms with Crippen molar-refractivity contribution >= 4 is 37.6 Å². The first-order valence-electron chi connectivity index (χ1n) is 5.44. The third-order valence-corrected chi connectivity index (χ3v) is 5.09. The summed E-state index contributed by atoms with van der Waals surface area (Å²) in [5, 5.41) is 8.97. The molecule has 1 heterocycles. The lowest BCUT2D eigenvalue weighted by molar-refractivity contribution is 0.0697. The number of hydrogen-bond acceptors (Lipinski definition) is 3. The molecule has 0 amide bonds. The number of carboxylic acid groups (broad SMARTS) is 1. The Labute approximate surface area is 114 Å². The Morgan fingerprint density at radius 1 is 1.28 bits per heavy atom. The number of rotatable bonds is 2. The van der Waals surface area contributed by atoms with Gasteiger partial charge in [-0.1, -0.05) is 15.9 Å². The molecule has 2 rings (SSSR count). The molecule has 0 saturated carbocycles. The summed E-state index contributed by atoms with van der Waals surface area (Å²) in [7, 11) is -3.32. The Bertz CT molecular complexity index is 585. The van der Waals surface area contributed by atoms with Crippen molar-refractivity contribution in [2.45, 2.75) is 12.8 Å². The summed E-state index contributed by atoms with van der Waals surface area (Å²) in [4.78, 5) is 11.0. The molecule has 0 atom stereocenters. The fourth-order valence-corrected chi connectivity index (χ4v) is 4.02. The van der Waals surface area contributed by atoms with Crippen LogP contribution in [0.5, 0.6) is 0 Å². The van der Waals surface area contributed by atoms with E-state index in [0.717, 1.165) is 6.42 Å². The maximum absolute atomic E-state index is 11.9. The second kappa shape index (κ2) is 4.89. The van der Waals surface area contributed by atoms with E-state index in [1.807, 2.05) is 0 Å². The molecule has 18 heavy (non-hydrogen) atoms. The number of sulfonamides is 1. The van der Waals surface area contributed by atoms with Gasteiger partial charge in [0, 0.05) is 11.0 Å². The molecule has 0 bridgehead atoms. The van der Waals surface area contributed by atoms with E-state index in [4.69, 9.17) is 5.11 Å². The molecule has 0 radical (unpaired) electrons. The number of benzene rings is 1. The number of anilines is 1. The lowest BCUT2D eigenvalue weighted by atomic mass is 10.2. The van der Waals surface area contributed by atoms with Crippen LogP contribution in [0.25, 0.3) is 0 Å². The van der Waals surface area contributed by atoms with Crippen molar-refractivity contribution in [1.82, 2.24) is 0 Å². The van der Waals surface area contributed by atoms with E-state index >= 15 is 0 Å². The van der Waals surface area contributed by atoms with Gasteiger partial charge in [-0.25, -0.2) is 13.2 Å². The summed E-state index contributed by atoms with van der Waals surface area (Å²) in [6, 6.07) is 4.45. The Morgan fingerprint density at radius 3 is 2.61 bits per heavy atom. The summed E-state index contributed by atoms with van der Waals surface area (Å²) < 4.78 is 25.7. The van der Waals surface area contributed by atoms with Crippen LogP contribution in [0.3, 0.4) is 0 Å². The molecule has 1 aliphatic heterocycles. The standard InChI is InChI=1S/C11H12BrNO4S/c12-9-5-8(11(14)15)6-10(7-9)13-3-1-2-4-18(13,16)17/h5-7H,1-4H2,(H,14,15). The van der Waals surface area contributed by atoms with Crippen LogP contribution in [0.1, 0.15) is 23.2 Å². The third kappa shape index (κ3) is 2.67. The van der Waals surface area contributed by atoms with Crippen LogP contribution in [-0.2, 0) is 10.0 Å². The molecule has 1 aromatic rings. The van der Waals surface area contributed by atoms with Gasteiger partial charge < -0.3 is 5.11 Å². The fourth-order valence-electron chi connectivity index (χ4n) is 1.92. The van der Waals surface area contributed by atoms with Crippen LogP contribution in [0.2, 0.25) is 0 Å². The van der Waals surface area contributed by atoms with Crippen molar-refractivity contribution in [3.8, 4) is 0 Å². The van der Waals surface area contributed by atoms with Crippen LogP contribution in [0.4, 0.5) is 5.69 Å². The number of carbonyl (C=O) groups is 1. The number of aromatic carboxylic acids is 1. The molecule has 1 aromatic carbocycles. The zero-order valence-corrected chi connectivity index (χ0v) is 11.9. The minimum Gasteiger partial charge on any atom is -0.478 e. The Kier molecular flexibility index (Phi) is 3.63. The van der Waals surface area contributed by atoms with E-state index in [-0.39, 0.29) is 11.3 Å². The molecule has 1 saturated heterocycles. The molecule has 98 valence electrons. The largest absolute Gasteiger partial charge is 0.478 e. The maximum Gasteiger partial charge on any atom is 0.335 e. The van der Waals surface area contributed by atoms with Gasteiger partial charge in [0.2, 0.25) is 10.0 Å². The topological polar surface area (TPSA) is 74.7 Å². The first-order valence-corrected chi connectivity index (χ1v) is 7.85. The Morgan fingerprint density at radius 2 is 2.00 bits per heavy atom. The lowest BCUT2D eigenvalue weighted by Crippen LogP contribution is -2.37. The van der Waals surface area contributed by atoms with Gasteiger partial charge in [0.05, 0.1) is 17.0 Å². The molecule has 1 fully saturated rings. The smallest absolute Gasteiger partial charge is 0.335 e. The number of hydrogen-bond donors (Lipinski definition) is 1. The van der Waals surface area contributed by atoms with Gasteiger partial charge in [-0.2, -0.15) is 0 Å². The Balaban J connectivity index is 2.47. The quantitative estimate of drug-likeness (QED) is 0.899. The second-order valence-electron chi connectivity index (χ2n) is 4.10.